The molecule has 0 aromatic carbocycles. The number of carbonyl (C=O) groups is 1. The second-order valence-corrected chi connectivity index (χ2v) is 8.57. The maximum atomic E-state index is 11.6. The molecular formula is C20H33N9O2S. The lowest BCUT2D eigenvalue weighted by atomic mass is 10.3. The first-order valence-corrected chi connectivity index (χ1v) is 11.8. The van der Waals surface area contributed by atoms with Crippen molar-refractivity contribution in [2.45, 2.75) is 11.6 Å². The summed E-state index contributed by atoms with van der Waals surface area (Å²) in [6.45, 7) is 5.79. The van der Waals surface area contributed by atoms with Crippen LogP contribution in [-0.2, 0) is 11.2 Å². The highest BCUT2D eigenvalue weighted by molar-refractivity contribution is 7.98. The van der Waals surface area contributed by atoms with Crippen molar-refractivity contribution >= 4 is 35.1 Å². The second-order valence-electron chi connectivity index (χ2n) is 7.80. The summed E-state index contributed by atoms with van der Waals surface area (Å²) in [5.74, 6) is 2.39. The van der Waals surface area contributed by atoms with Gasteiger partial charge in [0.25, 0.3) is 0 Å². The van der Waals surface area contributed by atoms with Gasteiger partial charge in [-0.1, -0.05) is 11.8 Å². The van der Waals surface area contributed by atoms with Gasteiger partial charge in [-0.3, -0.25) is 14.8 Å². The van der Waals surface area contributed by atoms with Gasteiger partial charge in [-0.15, -0.1) is 0 Å². The quantitative estimate of drug-likeness (QED) is 0.343. The summed E-state index contributed by atoms with van der Waals surface area (Å²) in [7, 11) is 7.43. The maximum absolute atomic E-state index is 11.6. The van der Waals surface area contributed by atoms with E-state index in [1.165, 1.54) is 11.8 Å². The molecule has 176 valence electrons. The summed E-state index contributed by atoms with van der Waals surface area (Å²) in [5.41, 5.74) is 0.707. The van der Waals surface area contributed by atoms with Crippen molar-refractivity contribution in [3.8, 4) is 5.75 Å². The molecule has 0 saturated carbocycles. The van der Waals surface area contributed by atoms with Crippen LogP contribution in [0.5, 0.6) is 5.75 Å². The Morgan fingerprint density at radius 3 is 2.66 bits per heavy atom. The van der Waals surface area contributed by atoms with Gasteiger partial charge in [0, 0.05) is 58.1 Å². The molecule has 1 fully saturated rings. The van der Waals surface area contributed by atoms with Crippen LogP contribution < -0.4 is 20.3 Å². The van der Waals surface area contributed by atoms with Crippen molar-refractivity contribution in [2.75, 3.05) is 84.0 Å². The predicted molar refractivity (Wildman–Crippen MR) is 127 cm³/mol. The van der Waals surface area contributed by atoms with Crippen LogP contribution in [0.1, 0.15) is 5.69 Å². The lowest BCUT2D eigenvalue weighted by Crippen LogP contribution is -2.48. The van der Waals surface area contributed by atoms with E-state index in [-0.39, 0.29) is 12.3 Å². The van der Waals surface area contributed by atoms with E-state index in [0.29, 0.717) is 28.2 Å². The van der Waals surface area contributed by atoms with Crippen LogP contribution in [0.25, 0.3) is 0 Å². The van der Waals surface area contributed by atoms with Crippen molar-refractivity contribution in [3.63, 3.8) is 0 Å². The number of methoxy groups -OCH3 is 1. The first-order valence-electron chi connectivity index (χ1n) is 10.6. The normalized spacial score (nSPS) is 14.6. The molecule has 0 bridgehead atoms. The fourth-order valence-electron chi connectivity index (χ4n) is 3.42. The molecule has 2 aromatic rings. The average molecular weight is 464 g/mol. The van der Waals surface area contributed by atoms with Crippen LogP contribution in [-0.4, -0.2) is 110 Å². The van der Waals surface area contributed by atoms with Crippen molar-refractivity contribution in [2.24, 2.45) is 0 Å². The van der Waals surface area contributed by atoms with Crippen LogP contribution >= 0.6 is 11.8 Å². The maximum Gasteiger partial charge on any atom is 0.225 e. The number of ether oxygens (including phenoxy) is 1. The van der Waals surface area contributed by atoms with E-state index >= 15 is 0 Å². The fraction of sp³-hybridized carbons (Fsp3) is 0.600. The average Bonchev–Trinajstić information content (AvgIpc) is 3.23. The van der Waals surface area contributed by atoms with E-state index in [2.05, 4.69) is 54.6 Å². The number of nitrogens with zero attached hydrogens (tertiary/aromatic N) is 6. The van der Waals surface area contributed by atoms with Crippen LogP contribution in [0.4, 0.5) is 17.5 Å². The van der Waals surface area contributed by atoms with Crippen LogP contribution in [0, 0.1) is 0 Å². The van der Waals surface area contributed by atoms with Gasteiger partial charge in [0.15, 0.2) is 22.6 Å². The third-order valence-electron chi connectivity index (χ3n) is 5.26. The molecule has 12 heteroatoms. The summed E-state index contributed by atoms with van der Waals surface area (Å²) in [5, 5.41) is 13.6. The molecule has 0 spiro atoms. The van der Waals surface area contributed by atoms with E-state index in [1.54, 1.807) is 20.2 Å². The number of H-pyrrole nitrogens is 1. The Bertz CT molecular complexity index is 897. The predicted octanol–water partition coefficient (Wildman–Crippen LogP) is 0.646. The molecular weight excluding hydrogens is 430 g/mol. The topological polar surface area (TPSA) is 115 Å². The van der Waals surface area contributed by atoms with Gasteiger partial charge >= 0.3 is 0 Å². The molecule has 2 aromatic heterocycles. The number of amides is 1. The zero-order chi connectivity index (χ0) is 23.1. The largest absolute Gasteiger partial charge is 0.490 e. The summed E-state index contributed by atoms with van der Waals surface area (Å²) >= 11 is 1.48. The Balaban J connectivity index is 1.77. The number of nitrogens with one attached hydrogen (secondary N) is 3. The minimum absolute atomic E-state index is 0.0866. The van der Waals surface area contributed by atoms with Crippen LogP contribution in [0.3, 0.4) is 0 Å². The van der Waals surface area contributed by atoms with Gasteiger partial charge in [0.2, 0.25) is 11.7 Å². The van der Waals surface area contributed by atoms with Crippen molar-refractivity contribution in [1.29, 1.82) is 0 Å². The first kappa shape index (κ1) is 24.1. The van der Waals surface area contributed by atoms with Gasteiger partial charge in [0.05, 0.1) is 13.5 Å². The lowest BCUT2D eigenvalue weighted by molar-refractivity contribution is -0.120. The number of aromatic amines is 1. The minimum atomic E-state index is -0.0866. The molecule has 0 unspecified atom stereocenters. The SMILES string of the molecule is CNC(=O)Cc1cc(Nc2nc(SC)nc(N3CCN(CCN(C)C)CC3)c2OC)n[nH]1. The van der Waals surface area contributed by atoms with Gasteiger partial charge in [-0.25, -0.2) is 9.97 Å². The monoisotopic (exact) mass is 463 g/mol. The molecule has 1 aliphatic heterocycles. The number of likely N-dealkylation sites (N-methyl/N-ethyl adjacent to an activating group) is 2. The highest BCUT2D eigenvalue weighted by atomic mass is 32.2. The van der Waals surface area contributed by atoms with E-state index in [9.17, 15) is 4.79 Å². The molecule has 3 N–H and O–H groups in total. The van der Waals surface area contributed by atoms with E-state index in [1.807, 2.05) is 6.26 Å². The van der Waals surface area contributed by atoms with Gasteiger partial charge in [-0.05, 0) is 20.4 Å². The number of piperazine rings is 1. The number of thioether (sulfide) groups is 1. The zero-order valence-electron chi connectivity index (χ0n) is 19.4. The molecule has 0 radical (unpaired) electrons. The number of anilines is 3. The summed E-state index contributed by atoms with van der Waals surface area (Å²) < 4.78 is 5.74. The molecule has 1 amide bonds. The molecule has 0 aliphatic carbocycles. The Kier molecular flexibility index (Phi) is 8.53. The highest BCUT2D eigenvalue weighted by Gasteiger charge is 2.25. The number of hydrogen-bond donors (Lipinski definition) is 3. The van der Waals surface area contributed by atoms with E-state index in [4.69, 9.17) is 9.72 Å². The minimum Gasteiger partial charge on any atom is -0.490 e. The van der Waals surface area contributed by atoms with Gasteiger partial charge in [0.1, 0.15) is 0 Å². The molecule has 11 nitrogen and oxygen atoms in total. The number of rotatable bonds is 10. The fourth-order valence-corrected chi connectivity index (χ4v) is 3.78. The third-order valence-corrected chi connectivity index (χ3v) is 5.80. The second kappa shape index (κ2) is 11.3. The summed E-state index contributed by atoms with van der Waals surface area (Å²) in [6, 6.07) is 1.79. The molecule has 0 atom stereocenters. The van der Waals surface area contributed by atoms with E-state index in [0.717, 1.165) is 45.1 Å². The molecule has 1 saturated heterocycles. The van der Waals surface area contributed by atoms with Crippen LogP contribution in [0.15, 0.2) is 11.2 Å². The molecule has 3 rings (SSSR count). The molecule has 32 heavy (non-hydrogen) atoms. The van der Waals surface area contributed by atoms with Crippen molar-refractivity contribution in [1.82, 2.24) is 35.3 Å². The van der Waals surface area contributed by atoms with Gasteiger partial charge < -0.3 is 25.2 Å². The molecule has 1 aliphatic rings. The lowest BCUT2D eigenvalue weighted by Gasteiger charge is -2.36. The molecule has 3 heterocycles. The van der Waals surface area contributed by atoms with Crippen molar-refractivity contribution < 1.29 is 9.53 Å². The number of carbonyl (C=O) groups excluding carboxylic acids is 1. The standard InChI is InChI=1S/C20H33N9O2S/c1-21-16(30)13-14-12-15(26-25-14)22-18-17(31-4)19(24-20(23-18)32-5)29-10-8-28(9-11-29)7-6-27(2)3/h12H,6-11,13H2,1-5H3,(H,21,30)(H2,22,23,24,25,26). The summed E-state index contributed by atoms with van der Waals surface area (Å²) in [6.07, 6.45) is 2.18. The highest BCUT2D eigenvalue weighted by Crippen LogP contribution is 2.36. The smallest absolute Gasteiger partial charge is 0.225 e. The Hall–Kier alpha value is -2.57. The summed E-state index contributed by atoms with van der Waals surface area (Å²) in [4.78, 5) is 27.9. The Morgan fingerprint density at radius 2 is 2.03 bits per heavy atom. The Labute approximate surface area is 193 Å². The van der Waals surface area contributed by atoms with E-state index < -0.39 is 0 Å². The number of aromatic nitrogens is 4. The van der Waals surface area contributed by atoms with Crippen molar-refractivity contribution in [3.05, 3.63) is 11.8 Å². The van der Waals surface area contributed by atoms with Gasteiger partial charge in [-0.2, -0.15) is 5.10 Å². The Morgan fingerprint density at radius 1 is 1.28 bits per heavy atom. The third kappa shape index (κ3) is 6.24. The zero-order valence-corrected chi connectivity index (χ0v) is 20.3. The van der Waals surface area contributed by atoms with Crippen LogP contribution in [0.2, 0.25) is 0 Å². The number of hydrogen-bond acceptors (Lipinski definition) is 10. The first-order chi connectivity index (χ1) is 15.4.